The number of rotatable bonds is 7. The first kappa shape index (κ1) is 19.3. The summed E-state index contributed by atoms with van der Waals surface area (Å²) in [6.07, 6.45) is 9.02. The number of benzene rings is 1. The van der Waals surface area contributed by atoms with Gasteiger partial charge in [-0.1, -0.05) is 50.1 Å². The summed E-state index contributed by atoms with van der Waals surface area (Å²) >= 11 is 0. The number of H-pyrrole nitrogens is 1. The predicted octanol–water partition coefficient (Wildman–Crippen LogP) is 3.78. The summed E-state index contributed by atoms with van der Waals surface area (Å²) in [5, 5.41) is 13.0. The van der Waals surface area contributed by atoms with Crippen molar-refractivity contribution in [3.05, 3.63) is 70.7 Å². The summed E-state index contributed by atoms with van der Waals surface area (Å²) in [5.41, 5.74) is 4.41. The zero-order valence-corrected chi connectivity index (χ0v) is 17.7. The Hall–Kier alpha value is -3.68. The molecule has 1 aromatic carbocycles. The number of hydrogen-bond donors (Lipinski definition) is 1. The Kier molecular flexibility index (Phi) is 4.89. The maximum Gasteiger partial charge on any atom is 0.284 e. The first-order valence-electron chi connectivity index (χ1n) is 10.7. The number of aryl methyl sites for hydroxylation is 2. The van der Waals surface area contributed by atoms with E-state index in [9.17, 15) is 4.79 Å². The largest absolute Gasteiger partial charge is 0.355 e. The van der Waals surface area contributed by atoms with Crippen LogP contribution in [0.1, 0.15) is 37.6 Å². The number of fused-ring (bicyclic) bond motifs is 2. The lowest BCUT2D eigenvalue weighted by Gasteiger charge is -2.11. The van der Waals surface area contributed by atoms with Crippen LogP contribution < -0.4 is 5.56 Å². The predicted molar refractivity (Wildman–Crippen MR) is 120 cm³/mol. The number of nitrogens with zero attached hydrogens (tertiary/aromatic N) is 6. The van der Waals surface area contributed by atoms with Crippen LogP contribution in [0.2, 0.25) is 0 Å². The van der Waals surface area contributed by atoms with E-state index in [0.29, 0.717) is 23.7 Å². The Morgan fingerprint density at radius 2 is 1.94 bits per heavy atom. The van der Waals surface area contributed by atoms with Crippen molar-refractivity contribution in [2.24, 2.45) is 0 Å². The molecule has 8 nitrogen and oxygen atoms in total. The van der Waals surface area contributed by atoms with Gasteiger partial charge in [0.15, 0.2) is 0 Å². The fourth-order valence-corrected chi connectivity index (χ4v) is 4.15. The summed E-state index contributed by atoms with van der Waals surface area (Å²) in [4.78, 5) is 16.4. The summed E-state index contributed by atoms with van der Waals surface area (Å²) in [7, 11) is 0. The van der Waals surface area contributed by atoms with Crippen LogP contribution in [0.5, 0.6) is 0 Å². The molecule has 0 unspecified atom stereocenters. The van der Waals surface area contributed by atoms with E-state index in [1.807, 2.05) is 41.5 Å². The zero-order chi connectivity index (χ0) is 21.4. The molecule has 0 aliphatic rings. The molecule has 0 aliphatic heterocycles. The second kappa shape index (κ2) is 7.86. The summed E-state index contributed by atoms with van der Waals surface area (Å²) in [6, 6.07) is 10.2. The normalized spacial score (nSPS) is 11.7. The van der Waals surface area contributed by atoms with Gasteiger partial charge < -0.3 is 9.55 Å². The van der Waals surface area contributed by atoms with Crippen molar-refractivity contribution in [2.45, 2.75) is 46.2 Å². The summed E-state index contributed by atoms with van der Waals surface area (Å²) < 4.78 is 5.63. The molecule has 0 saturated carbocycles. The lowest BCUT2D eigenvalue weighted by atomic mass is 10.1. The van der Waals surface area contributed by atoms with E-state index in [4.69, 9.17) is 0 Å². The van der Waals surface area contributed by atoms with Gasteiger partial charge in [-0.3, -0.25) is 9.48 Å². The molecule has 1 N–H and O–H groups in total. The minimum atomic E-state index is -0.123. The molecule has 31 heavy (non-hydrogen) atoms. The Morgan fingerprint density at radius 3 is 2.74 bits per heavy atom. The van der Waals surface area contributed by atoms with Gasteiger partial charge in [-0.2, -0.15) is 5.10 Å². The average Bonchev–Trinajstić information content (AvgIpc) is 3.50. The van der Waals surface area contributed by atoms with Gasteiger partial charge in [-0.15, -0.1) is 10.2 Å². The average molecular weight is 416 g/mol. The Labute approximate surface area is 179 Å². The van der Waals surface area contributed by atoms with E-state index in [1.165, 1.54) is 5.56 Å². The smallest absolute Gasteiger partial charge is 0.284 e. The molecule has 5 aromatic rings. The van der Waals surface area contributed by atoms with Gasteiger partial charge in [-0.05, 0) is 18.9 Å². The molecule has 4 heterocycles. The number of unbranched alkanes of at least 4 members (excludes halogenated alkanes) is 2. The third-order valence-corrected chi connectivity index (χ3v) is 5.71. The minimum absolute atomic E-state index is 0.123. The van der Waals surface area contributed by atoms with Crippen LogP contribution in [-0.4, -0.2) is 33.9 Å². The van der Waals surface area contributed by atoms with Gasteiger partial charge in [-0.25, -0.2) is 4.40 Å². The maximum atomic E-state index is 13.2. The minimum Gasteiger partial charge on any atom is -0.355 e. The second-order valence-corrected chi connectivity index (χ2v) is 7.88. The fourth-order valence-electron chi connectivity index (χ4n) is 4.15. The molecule has 0 spiro atoms. The van der Waals surface area contributed by atoms with Gasteiger partial charge in [0.25, 0.3) is 5.56 Å². The van der Waals surface area contributed by atoms with E-state index < -0.39 is 0 Å². The van der Waals surface area contributed by atoms with E-state index in [-0.39, 0.29) is 5.56 Å². The van der Waals surface area contributed by atoms with Crippen molar-refractivity contribution in [1.82, 2.24) is 33.9 Å². The molecule has 0 atom stereocenters. The standard InChI is InChI=1S/C23H25N7O/c1-3-4-8-11-29-21-19(13-24-20(21)22(31)30-16(2)26-27-23(29)30)18-12-25-28(15-18)14-17-9-6-5-7-10-17/h5-7,9-10,12-13,15,24H,3-4,8,11,14H2,1-2H3. The van der Waals surface area contributed by atoms with E-state index >= 15 is 0 Å². The lowest BCUT2D eigenvalue weighted by molar-refractivity contribution is 0.615. The molecule has 0 amide bonds. The SMILES string of the molecule is CCCCCn1c2c(-c3cnn(Cc4ccccc4)c3)c[nH]c2c(=O)n2c(C)nnc12. The highest BCUT2D eigenvalue weighted by Crippen LogP contribution is 2.28. The Bertz CT molecular complexity index is 1400. The molecule has 8 heteroatoms. The highest BCUT2D eigenvalue weighted by molar-refractivity contribution is 5.93. The van der Waals surface area contributed by atoms with Crippen LogP contribution >= 0.6 is 0 Å². The first-order valence-corrected chi connectivity index (χ1v) is 10.7. The van der Waals surface area contributed by atoms with Crippen LogP contribution in [0.4, 0.5) is 0 Å². The molecule has 158 valence electrons. The first-order chi connectivity index (χ1) is 15.2. The molecular formula is C23H25N7O. The number of hydrogen-bond acceptors (Lipinski definition) is 4. The summed E-state index contributed by atoms with van der Waals surface area (Å²) in [5.74, 6) is 1.18. The van der Waals surface area contributed by atoms with Gasteiger partial charge >= 0.3 is 0 Å². The molecular weight excluding hydrogens is 390 g/mol. The quantitative estimate of drug-likeness (QED) is 0.410. The zero-order valence-electron chi connectivity index (χ0n) is 17.7. The fraction of sp³-hybridized carbons (Fsp3) is 0.304. The van der Waals surface area contributed by atoms with E-state index in [2.05, 4.69) is 43.9 Å². The molecule has 4 aromatic heterocycles. The lowest BCUT2D eigenvalue weighted by Crippen LogP contribution is -2.20. The van der Waals surface area contributed by atoms with Gasteiger partial charge in [0, 0.05) is 30.1 Å². The van der Waals surface area contributed by atoms with Gasteiger partial charge in [0.1, 0.15) is 11.3 Å². The van der Waals surface area contributed by atoms with Crippen LogP contribution in [-0.2, 0) is 13.1 Å². The van der Waals surface area contributed by atoms with Crippen molar-refractivity contribution in [3.63, 3.8) is 0 Å². The topological polar surface area (TPSA) is 85.8 Å². The van der Waals surface area contributed by atoms with Gasteiger partial charge in [0.05, 0.1) is 18.3 Å². The van der Waals surface area contributed by atoms with Crippen molar-refractivity contribution >= 4 is 16.8 Å². The molecule has 0 saturated heterocycles. The number of aromatic amines is 1. The third-order valence-electron chi connectivity index (χ3n) is 5.71. The van der Waals surface area contributed by atoms with Crippen LogP contribution in [0, 0.1) is 6.92 Å². The molecule has 0 radical (unpaired) electrons. The van der Waals surface area contributed by atoms with Crippen molar-refractivity contribution in [3.8, 4) is 11.1 Å². The van der Waals surface area contributed by atoms with Crippen molar-refractivity contribution in [2.75, 3.05) is 0 Å². The Balaban J connectivity index is 1.64. The molecule has 0 aliphatic carbocycles. The Morgan fingerprint density at radius 1 is 1.10 bits per heavy atom. The molecule has 5 rings (SSSR count). The van der Waals surface area contributed by atoms with Crippen LogP contribution in [0.3, 0.4) is 0 Å². The number of nitrogens with one attached hydrogen (secondary N) is 1. The molecule has 0 fully saturated rings. The number of aromatic nitrogens is 7. The summed E-state index contributed by atoms with van der Waals surface area (Å²) in [6.45, 7) is 5.46. The highest BCUT2D eigenvalue weighted by atomic mass is 16.1. The van der Waals surface area contributed by atoms with Crippen molar-refractivity contribution < 1.29 is 0 Å². The van der Waals surface area contributed by atoms with Crippen molar-refractivity contribution in [1.29, 1.82) is 0 Å². The van der Waals surface area contributed by atoms with Crippen LogP contribution in [0.15, 0.2) is 53.7 Å². The maximum absolute atomic E-state index is 13.2. The van der Waals surface area contributed by atoms with E-state index in [0.717, 1.165) is 42.5 Å². The van der Waals surface area contributed by atoms with E-state index in [1.54, 1.807) is 11.3 Å². The monoisotopic (exact) mass is 415 g/mol. The van der Waals surface area contributed by atoms with Gasteiger partial charge in [0.2, 0.25) is 5.78 Å². The second-order valence-electron chi connectivity index (χ2n) is 7.88. The van der Waals surface area contributed by atoms with Crippen LogP contribution in [0.25, 0.3) is 27.9 Å². The third kappa shape index (κ3) is 3.34. The molecule has 0 bridgehead atoms. The highest BCUT2D eigenvalue weighted by Gasteiger charge is 2.20.